The predicted octanol–water partition coefficient (Wildman–Crippen LogP) is 5.01. The molecule has 0 radical (unpaired) electrons. The van der Waals surface area contributed by atoms with Crippen molar-refractivity contribution in [3.05, 3.63) is 0 Å². The molecule has 116 valence electrons. The molecule has 2 atom stereocenters. The molecule has 1 aliphatic heterocycles. The molecule has 3 rings (SSSR count). The topological polar surface area (TPSA) is 12.0 Å². The Morgan fingerprint density at radius 3 is 1.55 bits per heavy atom. The zero-order valence-electron chi connectivity index (χ0n) is 13.7. The Kier molecular flexibility index (Phi) is 5.07. The molecule has 0 amide bonds. The summed E-state index contributed by atoms with van der Waals surface area (Å²) >= 11 is 0. The van der Waals surface area contributed by atoms with Crippen molar-refractivity contribution in [3.63, 3.8) is 0 Å². The molecule has 1 heterocycles. The average molecular weight is 277 g/mol. The predicted molar refractivity (Wildman–Crippen MR) is 86.8 cm³/mol. The van der Waals surface area contributed by atoms with E-state index in [9.17, 15) is 0 Å². The van der Waals surface area contributed by atoms with E-state index in [1.165, 1.54) is 70.8 Å². The van der Waals surface area contributed by atoms with Gasteiger partial charge in [0, 0.05) is 6.04 Å². The molecule has 1 N–H and O–H groups in total. The summed E-state index contributed by atoms with van der Waals surface area (Å²) in [5.41, 5.74) is 0. The first kappa shape index (κ1) is 14.9. The summed E-state index contributed by atoms with van der Waals surface area (Å²) in [4.78, 5) is 0. The number of nitrogens with one attached hydrogen (secondary N) is 1. The normalized spacial score (nSPS) is 47.1. The minimum absolute atomic E-state index is 0.862. The molecule has 1 nitrogen and oxygen atoms in total. The fraction of sp³-hybridized carbons (Fsp3) is 1.00. The lowest BCUT2D eigenvalue weighted by atomic mass is 9.71. The van der Waals surface area contributed by atoms with Crippen molar-refractivity contribution in [2.45, 2.75) is 84.1 Å². The zero-order chi connectivity index (χ0) is 13.9. The summed E-state index contributed by atoms with van der Waals surface area (Å²) in [6.45, 7) is 6.20. The third kappa shape index (κ3) is 3.59. The van der Waals surface area contributed by atoms with E-state index >= 15 is 0 Å². The molecule has 0 aromatic carbocycles. The van der Waals surface area contributed by atoms with Crippen molar-refractivity contribution in [1.29, 1.82) is 0 Å². The Bertz CT molecular complexity index is 246. The molecule has 1 heteroatoms. The van der Waals surface area contributed by atoms with Crippen molar-refractivity contribution < 1.29 is 0 Å². The van der Waals surface area contributed by atoms with Crippen molar-refractivity contribution in [2.75, 3.05) is 6.54 Å². The number of rotatable bonds is 2. The Morgan fingerprint density at radius 2 is 1.05 bits per heavy atom. The second-order valence-electron chi connectivity index (χ2n) is 8.39. The first-order chi connectivity index (χ1) is 9.72. The Labute approximate surface area is 126 Å². The van der Waals surface area contributed by atoms with Crippen molar-refractivity contribution in [2.24, 2.45) is 29.6 Å². The van der Waals surface area contributed by atoms with Crippen LogP contribution in [-0.2, 0) is 0 Å². The maximum absolute atomic E-state index is 3.96. The molecule has 2 saturated carbocycles. The number of hydrogen-bond acceptors (Lipinski definition) is 1. The van der Waals surface area contributed by atoms with Gasteiger partial charge in [-0.3, -0.25) is 0 Å². The summed E-state index contributed by atoms with van der Waals surface area (Å²) in [6.07, 6.45) is 14.9. The molecule has 2 aliphatic carbocycles. The van der Waals surface area contributed by atoms with Gasteiger partial charge in [-0.1, -0.05) is 39.5 Å². The van der Waals surface area contributed by atoms with Gasteiger partial charge in [-0.2, -0.15) is 0 Å². The van der Waals surface area contributed by atoms with Crippen LogP contribution in [0.1, 0.15) is 78.1 Å². The van der Waals surface area contributed by atoms with Crippen LogP contribution in [0.5, 0.6) is 0 Å². The fourth-order valence-electron chi connectivity index (χ4n) is 5.15. The van der Waals surface area contributed by atoms with Crippen LogP contribution in [0.25, 0.3) is 0 Å². The van der Waals surface area contributed by atoms with Gasteiger partial charge in [0.2, 0.25) is 0 Å². The van der Waals surface area contributed by atoms with E-state index in [1.54, 1.807) is 0 Å². The van der Waals surface area contributed by atoms with Crippen molar-refractivity contribution in [1.82, 2.24) is 5.32 Å². The van der Waals surface area contributed by atoms with E-state index in [1.807, 2.05) is 0 Å². The largest absolute Gasteiger partial charge is 0.313 e. The van der Waals surface area contributed by atoms with Crippen LogP contribution >= 0.6 is 0 Å². The van der Waals surface area contributed by atoms with Gasteiger partial charge in [0.25, 0.3) is 0 Å². The second-order valence-corrected chi connectivity index (χ2v) is 8.39. The van der Waals surface area contributed by atoms with Gasteiger partial charge in [-0.15, -0.1) is 0 Å². The lowest BCUT2D eigenvalue weighted by molar-refractivity contribution is 0.133. The minimum Gasteiger partial charge on any atom is -0.313 e. The number of piperidine rings is 1. The van der Waals surface area contributed by atoms with Crippen LogP contribution in [0.3, 0.4) is 0 Å². The van der Waals surface area contributed by atoms with Gasteiger partial charge in [-0.05, 0) is 74.7 Å². The molecule has 1 saturated heterocycles. The second kappa shape index (κ2) is 6.81. The number of hydrogen-bond donors (Lipinski definition) is 1. The maximum atomic E-state index is 3.96. The molecule has 0 spiro atoms. The van der Waals surface area contributed by atoms with E-state index in [4.69, 9.17) is 0 Å². The van der Waals surface area contributed by atoms with E-state index in [2.05, 4.69) is 19.2 Å². The first-order valence-corrected chi connectivity index (χ1v) is 9.45. The lowest BCUT2D eigenvalue weighted by Gasteiger charge is -2.41. The van der Waals surface area contributed by atoms with Gasteiger partial charge in [0.15, 0.2) is 0 Å². The molecule has 20 heavy (non-hydrogen) atoms. The van der Waals surface area contributed by atoms with Gasteiger partial charge in [0.05, 0.1) is 0 Å². The van der Waals surface area contributed by atoms with E-state index in [-0.39, 0.29) is 0 Å². The molecular formula is C19H35N. The highest BCUT2D eigenvalue weighted by atomic mass is 14.9. The van der Waals surface area contributed by atoms with Gasteiger partial charge < -0.3 is 5.32 Å². The average Bonchev–Trinajstić information content (AvgIpc) is 2.49. The van der Waals surface area contributed by atoms with Crippen LogP contribution < -0.4 is 5.32 Å². The van der Waals surface area contributed by atoms with Crippen LogP contribution in [0.4, 0.5) is 0 Å². The Hall–Kier alpha value is -0.0400. The van der Waals surface area contributed by atoms with Crippen molar-refractivity contribution in [3.8, 4) is 0 Å². The SMILES string of the molecule is CC1CCC(C2CCC(C3CCC(C)CC3)NC2)CC1. The fourth-order valence-corrected chi connectivity index (χ4v) is 5.15. The molecular weight excluding hydrogens is 242 g/mol. The molecule has 3 aliphatic rings. The quantitative estimate of drug-likeness (QED) is 0.748. The van der Waals surface area contributed by atoms with Crippen LogP contribution in [0.15, 0.2) is 0 Å². The maximum Gasteiger partial charge on any atom is 0.00955 e. The van der Waals surface area contributed by atoms with Crippen LogP contribution in [0, 0.1) is 29.6 Å². The molecule has 0 aromatic heterocycles. The summed E-state index contributed by atoms with van der Waals surface area (Å²) in [6, 6.07) is 0.862. The highest BCUT2D eigenvalue weighted by Gasteiger charge is 2.33. The molecule has 2 unspecified atom stereocenters. The summed E-state index contributed by atoms with van der Waals surface area (Å²) in [5.74, 6) is 5.04. The Balaban J connectivity index is 1.42. The third-order valence-corrected chi connectivity index (χ3v) is 6.85. The highest BCUT2D eigenvalue weighted by molar-refractivity contribution is 4.88. The lowest BCUT2D eigenvalue weighted by Crippen LogP contribution is -2.46. The monoisotopic (exact) mass is 277 g/mol. The first-order valence-electron chi connectivity index (χ1n) is 9.45. The van der Waals surface area contributed by atoms with Crippen molar-refractivity contribution >= 4 is 0 Å². The zero-order valence-corrected chi connectivity index (χ0v) is 13.7. The summed E-state index contributed by atoms with van der Waals surface area (Å²) < 4.78 is 0. The molecule has 0 aromatic rings. The van der Waals surface area contributed by atoms with Gasteiger partial charge in [0.1, 0.15) is 0 Å². The smallest absolute Gasteiger partial charge is 0.00955 e. The van der Waals surface area contributed by atoms with E-state index in [0.717, 1.165) is 35.6 Å². The molecule has 3 fully saturated rings. The van der Waals surface area contributed by atoms with Crippen LogP contribution in [-0.4, -0.2) is 12.6 Å². The Morgan fingerprint density at radius 1 is 0.550 bits per heavy atom. The van der Waals surface area contributed by atoms with E-state index < -0.39 is 0 Å². The van der Waals surface area contributed by atoms with Gasteiger partial charge in [-0.25, -0.2) is 0 Å². The summed E-state index contributed by atoms with van der Waals surface area (Å²) in [5, 5.41) is 3.96. The standard InChI is InChI=1S/C19H35N/c1-14-3-7-16(8-4-14)18-11-12-19(20-13-18)17-9-5-15(2)6-10-17/h14-20H,3-13H2,1-2H3. The minimum atomic E-state index is 0.862. The van der Waals surface area contributed by atoms with Gasteiger partial charge >= 0.3 is 0 Å². The van der Waals surface area contributed by atoms with Crippen LogP contribution in [0.2, 0.25) is 0 Å². The summed E-state index contributed by atoms with van der Waals surface area (Å²) in [7, 11) is 0. The van der Waals surface area contributed by atoms with E-state index in [0.29, 0.717) is 0 Å². The molecule has 0 bridgehead atoms. The highest BCUT2D eigenvalue weighted by Crippen LogP contribution is 2.39. The third-order valence-electron chi connectivity index (χ3n) is 6.85.